The predicted molar refractivity (Wildman–Crippen MR) is 111 cm³/mol. The van der Waals surface area contributed by atoms with Gasteiger partial charge >= 0.3 is 0 Å². The molecule has 0 bridgehead atoms. The van der Waals surface area contributed by atoms with Crippen LogP contribution in [0.4, 0.5) is 0 Å². The van der Waals surface area contributed by atoms with Crippen LogP contribution in [-0.4, -0.2) is 11.6 Å². The number of rotatable bonds is 2. The molecule has 1 aliphatic rings. The molecule has 0 atom stereocenters. The number of carbonyl (C=O) groups excluding carboxylic acids is 2. The standard InChI is InChI=1S/C26H16O2/c27-25-21-15-14-19(17-8-3-1-4-9-17)16-23(21)26(28)24-20(12-7-13-22(24)25)18-10-5-2-6-11-18/h1-16H. The fourth-order valence-electron chi connectivity index (χ4n) is 3.86. The first-order chi connectivity index (χ1) is 13.7. The molecule has 0 N–H and O–H groups in total. The second-order valence-electron chi connectivity index (χ2n) is 6.88. The molecule has 0 heterocycles. The van der Waals surface area contributed by atoms with Crippen molar-refractivity contribution in [2.24, 2.45) is 0 Å². The molecule has 0 saturated carbocycles. The second-order valence-corrected chi connectivity index (χ2v) is 6.88. The summed E-state index contributed by atoms with van der Waals surface area (Å²) < 4.78 is 0. The van der Waals surface area contributed by atoms with Gasteiger partial charge in [-0.15, -0.1) is 0 Å². The van der Waals surface area contributed by atoms with E-state index in [-0.39, 0.29) is 11.6 Å². The molecule has 0 unspecified atom stereocenters. The molecule has 0 radical (unpaired) electrons. The van der Waals surface area contributed by atoms with E-state index in [1.54, 1.807) is 12.1 Å². The fourth-order valence-corrected chi connectivity index (χ4v) is 3.86. The maximum atomic E-state index is 13.5. The van der Waals surface area contributed by atoms with Gasteiger partial charge in [0.05, 0.1) is 0 Å². The van der Waals surface area contributed by atoms with Gasteiger partial charge in [-0.1, -0.05) is 84.9 Å². The van der Waals surface area contributed by atoms with E-state index in [4.69, 9.17) is 0 Å². The summed E-state index contributed by atoms with van der Waals surface area (Å²) in [6.45, 7) is 0. The van der Waals surface area contributed by atoms with Crippen molar-refractivity contribution in [1.29, 1.82) is 0 Å². The smallest absolute Gasteiger partial charge is 0.195 e. The summed E-state index contributed by atoms with van der Waals surface area (Å²) in [6.07, 6.45) is 0. The minimum absolute atomic E-state index is 0.0954. The molecule has 132 valence electrons. The van der Waals surface area contributed by atoms with E-state index in [0.29, 0.717) is 22.3 Å². The summed E-state index contributed by atoms with van der Waals surface area (Å²) in [7, 11) is 0. The summed E-state index contributed by atoms with van der Waals surface area (Å²) in [6, 6.07) is 30.6. The Hall–Kier alpha value is -3.78. The van der Waals surface area contributed by atoms with Crippen LogP contribution in [0.1, 0.15) is 31.8 Å². The van der Waals surface area contributed by atoms with E-state index in [1.807, 2.05) is 84.9 Å². The van der Waals surface area contributed by atoms with Crippen molar-refractivity contribution in [2.45, 2.75) is 0 Å². The SMILES string of the molecule is O=C1c2ccc(-c3ccccc3)cc2C(=O)c2c1cccc2-c1ccccc1. The topological polar surface area (TPSA) is 34.1 Å². The van der Waals surface area contributed by atoms with Crippen molar-refractivity contribution in [3.8, 4) is 22.3 Å². The first kappa shape index (κ1) is 16.4. The lowest BCUT2D eigenvalue weighted by Gasteiger charge is -2.21. The van der Waals surface area contributed by atoms with E-state index in [0.717, 1.165) is 22.3 Å². The molecule has 28 heavy (non-hydrogen) atoms. The van der Waals surface area contributed by atoms with Crippen LogP contribution in [0.3, 0.4) is 0 Å². The lowest BCUT2D eigenvalue weighted by Crippen LogP contribution is -2.21. The average Bonchev–Trinajstić information content (AvgIpc) is 2.78. The third-order valence-corrected chi connectivity index (χ3v) is 5.24. The zero-order valence-electron chi connectivity index (χ0n) is 15.1. The highest BCUT2D eigenvalue weighted by molar-refractivity contribution is 6.30. The van der Waals surface area contributed by atoms with Crippen molar-refractivity contribution >= 4 is 11.6 Å². The molecule has 0 aliphatic heterocycles. The van der Waals surface area contributed by atoms with Crippen LogP contribution in [0.15, 0.2) is 97.1 Å². The van der Waals surface area contributed by atoms with Crippen LogP contribution in [0.2, 0.25) is 0 Å². The Bertz CT molecular complexity index is 1220. The lowest BCUT2D eigenvalue weighted by atomic mass is 9.79. The van der Waals surface area contributed by atoms with Crippen molar-refractivity contribution in [3.63, 3.8) is 0 Å². The molecule has 4 aromatic carbocycles. The molecule has 1 aliphatic carbocycles. The zero-order valence-corrected chi connectivity index (χ0v) is 15.1. The van der Waals surface area contributed by atoms with Gasteiger partial charge in [0.15, 0.2) is 11.6 Å². The van der Waals surface area contributed by atoms with Gasteiger partial charge in [0, 0.05) is 22.3 Å². The minimum Gasteiger partial charge on any atom is -0.289 e. The number of hydrogen-bond acceptors (Lipinski definition) is 2. The van der Waals surface area contributed by atoms with Crippen molar-refractivity contribution < 1.29 is 9.59 Å². The van der Waals surface area contributed by atoms with E-state index >= 15 is 0 Å². The number of benzene rings is 4. The minimum atomic E-state index is -0.0955. The second kappa shape index (κ2) is 6.43. The molecule has 4 aromatic rings. The zero-order chi connectivity index (χ0) is 19.1. The van der Waals surface area contributed by atoms with Gasteiger partial charge < -0.3 is 0 Å². The number of carbonyl (C=O) groups is 2. The number of hydrogen-bond donors (Lipinski definition) is 0. The lowest BCUT2D eigenvalue weighted by molar-refractivity contribution is 0.0979. The molecular formula is C26H16O2. The van der Waals surface area contributed by atoms with Crippen LogP contribution in [0.25, 0.3) is 22.3 Å². The van der Waals surface area contributed by atoms with Crippen LogP contribution >= 0.6 is 0 Å². The van der Waals surface area contributed by atoms with Gasteiger partial charge in [-0.3, -0.25) is 9.59 Å². The maximum Gasteiger partial charge on any atom is 0.195 e. The fraction of sp³-hybridized carbons (Fsp3) is 0. The Labute approximate surface area is 163 Å². The van der Waals surface area contributed by atoms with E-state index in [2.05, 4.69) is 0 Å². The summed E-state index contributed by atoms with van der Waals surface area (Å²) >= 11 is 0. The van der Waals surface area contributed by atoms with Gasteiger partial charge in [0.25, 0.3) is 0 Å². The van der Waals surface area contributed by atoms with Gasteiger partial charge in [-0.2, -0.15) is 0 Å². The third-order valence-electron chi connectivity index (χ3n) is 5.24. The Balaban J connectivity index is 1.71. The maximum absolute atomic E-state index is 13.5. The highest BCUT2D eigenvalue weighted by atomic mass is 16.1. The molecule has 5 rings (SSSR count). The summed E-state index contributed by atoms with van der Waals surface area (Å²) in [5.41, 5.74) is 5.61. The molecule has 2 nitrogen and oxygen atoms in total. The highest BCUT2D eigenvalue weighted by Crippen LogP contribution is 2.36. The quantitative estimate of drug-likeness (QED) is 0.399. The first-order valence-corrected chi connectivity index (χ1v) is 9.21. The molecule has 0 amide bonds. The van der Waals surface area contributed by atoms with Crippen molar-refractivity contribution in [1.82, 2.24) is 0 Å². The van der Waals surface area contributed by atoms with Crippen LogP contribution < -0.4 is 0 Å². The molecular weight excluding hydrogens is 344 g/mol. The Morgan fingerprint density at radius 2 is 1.04 bits per heavy atom. The van der Waals surface area contributed by atoms with Crippen LogP contribution in [-0.2, 0) is 0 Å². The van der Waals surface area contributed by atoms with Crippen LogP contribution in [0.5, 0.6) is 0 Å². The molecule has 2 heteroatoms. The monoisotopic (exact) mass is 360 g/mol. The van der Waals surface area contributed by atoms with Gasteiger partial charge in [-0.25, -0.2) is 0 Å². The normalized spacial score (nSPS) is 12.4. The summed E-state index contributed by atoms with van der Waals surface area (Å²) in [5, 5.41) is 0. The Morgan fingerprint density at radius 1 is 0.393 bits per heavy atom. The predicted octanol–water partition coefficient (Wildman–Crippen LogP) is 5.80. The number of ketones is 2. The van der Waals surface area contributed by atoms with Gasteiger partial charge in [0.2, 0.25) is 0 Å². The third kappa shape index (κ3) is 2.50. The van der Waals surface area contributed by atoms with Crippen molar-refractivity contribution in [3.05, 3.63) is 119 Å². The molecule has 0 aromatic heterocycles. The van der Waals surface area contributed by atoms with Crippen molar-refractivity contribution in [2.75, 3.05) is 0 Å². The summed E-state index contributed by atoms with van der Waals surface area (Å²) in [4.78, 5) is 26.6. The van der Waals surface area contributed by atoms with Crippen LogP contribution in [0, 0.1) is 0 Å². The molecule has 0 saturated heterocycles. The molecule has 0 spiro atoms. The average molecular weight is 360 g/mol. The summed E-state index contributed by atoms with van der Waals surface area (Å²) in [5.74, 6) is -0.191. The van der Waals surface area contributed by atoms with E-state index in [1.165, 1.54) is 0 Å². The number of fused-ring (bicyclic) bond motifs is 2. The van der Waals surface area contributed by atoms with Gasteiger partial charge in [0.1, 0.15) is 0 Å². The van der Waals surface area contributed by atoms with Gasteiger partial charge in [-0.05, 0) is 34.4 Å². The largest absolute Gasteiger partial charge is 0.289 e. The Morgan fingerprint density at radius 3 is 1.75 bits per heavy atom. The van der Waals surface area contributed by atoms with E-state index in [9.17, 15) is 9.59 Å². The molecule has 0 fully saturated rings. The highest BCUT2D eigenvalue weighted by Gasteiger charge is 2.32. The first-order valence-electron chi connectivity index (χ1n) is 9.21. The van der Waals surface area contributed by atoms with E-state index < -0.39 is 0 Å². The Kier molecular flexibility index (Phi) is 3.77.